The molecule has 0 aliphatic carbocycles. The summed E-state index contributed by atoms with van der Waals surface area (Å²) in [6, 6.07) is 17.3. The van der Waals surface area contributed by atoms with Gasteiger partial charge in [0, 0.05) is 5.56 Å². The zero-order valence-corrected chi connectivity index (χ0v) is 14.5. The molecule has 2 N–H and O–H groups in total. The van der Waals surface area contributed by atoms with E-state index in [9.17, 15) is 0 Å². The molecule has 6 nitrogen and oxygen atoms in total. The highest BCUT2D eigenvalue weighted by atomic mass is 32.1. The Labute approximate surface area is 151 Å². The van der Waals surface area contributed by atoms with E-state index in [0.717, 1.165) is 17.0 Å². The Morgan fingerprint density at radius 1 is 1.12 bits per heavy atom. The number of thiocarbonyl (C=S) groups is 1. The highest BCUT2D eigenvalue weighted by Gasteiger charge is 2.09. The molecule has 0 bridgehead atoms. The van der Waals surface area contributed by atoms with Gasteiger partial charge in [-0.3, -0.25) is 0 Å². The zero-order valence-electron chi connectivity index (χ0n) is 13.7. The van der Waals surface area contributed by atoms with Crippen LogP contribution in [-0.2, 0) is 6.54 Å². The third-order valence-electron chi connectivity index (χ3n) is 3.34. The van der Waals surface area contributed by atoms with Crippen molar-refractivity contribution < 1.29 is 9.26 Å². The number of ether oxygens (including phenoxy) is 1. The van der Waals surface area contributed by atoms with Crippen molar-refractivity contribution in [3.05, 3.63) is 60.5 Å². The molecule has 0 spiro atoms. The van der Waals surface area contributed by atoms with Gasteiger partial charge in [0.25, 0.3) is 0 Å². The maximum atomic E-state index is 5.56. The predicted octanol–water partition coefficient (Wildman–Crippen LogP) is 3.62. The van der Waals surface area contributed by atoms with Crippen molar-refractivity contribution in [2.24, 2.45) is 0 Å². The molecule has 3 aromatic rings. The van der Waals surface area contributed by atoms with Gasteiger partial charge in [0.1, 0.15) is 5.75 Å². The van der Waals surface area contributed by atoms with E-state index in [2.05, 4.69) is 20.8 Å². The Morgan fingerprint density at radius 3 is 2.68 bits per heavy atom. The third-order valence-corrected chi connectivity index (χ3v) is 3.58. The summed E-state index contributed by atoms with van der Waals surface area (Å²) >= 11 is 5.31. The number of hydrogen-bond donors (Lipinski definition) is 2. The van der Waals surface area contributed by atoms with Gasteiger partial charge in [-0.25, -0.2) is 0 Å². The Bertz CT molecular complexity index is 836. The van der Waals surface area contributed by atoms with Crippen LogP contribution in [0.5, 0.6) is 5.75 Å². The molecule has 0 fully saturated rings. The van der Waals surface area contributed by atoms with Gasteiger partial charge in [0.15, 0.2) is 5.11 Å². The zero-order chi connectivity index (χ0) is 17.5. The lowest BCUT2D eigenvalue weighted by atomic mass is 10.2. The summed E-state index contributed by atoms with van der Waals surface area (Å²) in [5.74, 6) is 1.76. The van der Waals surface area contributed by atoms with Gasteiger partial charge in [-0.15, -0.1) is 0 Å². The van der Waals surface area contributed by atoms with Crippen LogP contribution in [0.2, 0.25) is 0 Å². The van der Waals surface area contributed by atoms with Crippen LogP contribution in [0.4, 0.5) is 5.69 Å². The molecule has 0 atom stereocenters. The monoisotopic (exact) mass is 354 g/mol. The van der Waals surface area contributed by atoms with Crippen LogP contribution < -0.4 is 15.4 Å². The van der Waals surface area contributed by atoms with Crippen molar-refractivity contribution >= 4 is 23.0 Å². The standard InChI is InChI=1S/C18H18N4O2S/c1-2-23-15-11-7-6-10-14(15)20-18(25)19-12-16-21-17(22-24-16)13-8-4-3-5-9-13/h3-11H,2,12H2,1H3,(H2,19,20,25). The number of hydrogen-bond acceptors (Lipinski definition) is 5. The smallest absolute Gasteiger partial charge is 0.246 e. The maximum absolute atomic E-state index is 5.56. The largest absolute Gasteiger partial charge is 0.492 e. The van der Waals surface area contributed by atoms with Gasteiger partial charge in [-0.1, -0.05) is 47.6 Å². The average Bonchev–Trinajstić information content (AvgIpc) is 3.12. The fourth-order valence-corrected chi connectivity index (χ4v) is 2.39. The minimum atomic E-state index is 0.336. The van der Waals surface area contributed by atoms with Crippen LogP contribution in [0.1, 0.15) is 12.8 Å². The Balaban J connectivity index is 1.57. The lowest BCUT2D eigenvalue weighted by molar-refractivity contribution is 0.342. The quantitative estimate of drug-likeness (QED) is 0.655. The van der Waals surface area contributed by atoms with Gasteiger partial charge in [-0.2, -0.15) is 4.98 Å². The Morgan fingerprint density at radius 2 is 1.88 bits per heavy atom. The van der Waals surface area contributed by atoms with Crippen LogP contribution in [0.15, 0.2) is 59.1 Å². The average molecular weight is 354 g/mol. The summed E-state index contributed by atoms with van der Waals surface area (Å²) in [5.41, 5.74) is 1.71. The highest BCUT2D eigenvalue weighted by Crippen LogP contribution is 2.23. The molecule has 128 valence electrons. The van der Waals surface area contributed by atoms with E-state index in [1.54, 1.807) is 0 Å². The molecule has 3 rings (SSSR count). The van der Waals surface area contributed by atoms with Crippen molar-refractivity contribution in [1.29, 1.82) is 0 Å². The minimum absolute atomic E-state index is 0.336. The molecule has 1 heterocycles. The van der Waals surface area contributed by atoms with Crippen molar-refractivity contribution in [2.45, 2.75) is 13.5 Å². The summed E-state index contributed by atoms with van der Waals surface area (Å²) in [6.07, 6.45) is 0. The second kappa shape index (κ2) is 8.25. The molecule has 0 aliphatic heterocycles. The van der Waals surface area contributed by atoms with Crippen LogP contribution >= 0.6 is 12.2 Å². The van der Waals surface area contributed by atoms with Crippen LogP contribution in [0, 0.1) is 0 Å². The van der Waals surface area contributed by atoms with E-state index >= 15 is 0 Å². The number of benzene rings is 2. The van der Waals surface area contributed by atoms with Crippen molar-refractivity contribution in [3.63, 3.8) is 0 Å². The molecule has 0 saturated carbocycles. The second-order valence-electron chi connectivity index (χ2n) is 5.11. The van der Waals surface area contributed by atoms with Crippen LogP contribution in [0.25, 0.3) is 11.4 Å². The molecule has 0 saturated heterocycles. The minimum Gasteiger partial charge on any atom is -0.492 e. The number of aromatic nitrogens is 2. The summed E-state index contributed by atoms with van der Waals surface area (Å²) in [5, 5.41) is 10.6. The van der Waals surface area contributed by atoms with Gasteiger partial charge in [0.2, 0.25) is 11.7 Å². The summed E-state index contributed by atoms with van der Waals surface area (Å²) < 4.78 is 10.8. The van der Waals surface area contributed by atoms with Gasteiger partial charge >= 0.3 is 0 Å². The summed E-state index contributed by atoms with van der Waals surface area (Å²) in [4.78, 5) is 4.35. The Hall–Kier alpha value is -2.93. The molecule has 0 unspecified atom stereocenters. The van der Waals surface area contributed by atoms with Crippen LogP contribution in [-0.4, -0.2) is 21.9 Å². The summed E-state index contributed by atoms with van der Waals surface area (Å²) in [7, 11) is 0. The fraction of sp³-hybridized carbons (Fsp3) is 0.167. The first-order valence-corrected chi connectivity index (χ1v) is 8.31. The number of rotatable bonds is 6. The van der Waals surface area contributed by atoms with Crippen molar-refractivity contribution in [1.82, 2.24) is 15.5 Å². The molecular formula is C18H18N4O2S. The van der Waals surface area contributed by atoms with E-state index in [-0.39, 0.29) is 0 Å². The molecule has 2 aromatic carbocycles. The van der Waals surface area contributed by atoms with Gasteiger partial charge in [-0.05, 0) is 31.3 Å². The first-order chi connectivity index (χ1) is 12.3. The topological polar surface area (TPSA) is 72.2 Å². The second-order valence-corrected chi connectivity index (χ2v) is 5.52. The molecule has 0 aliphatic rings. The maximum Gasteiger partial charge on any atom is 0.246 e. The SMILES string of the molecule is CCOc1ccccc1NC(=S)NCc1nc(-c2ccccc2)no1. The predicted molar refractivity (Wildman–Crippen MR) is 100 cm³/mol. The molecule has 25 heavy (non-hydrogen) atoms. The Kier molecular flexibility index (Phi) is 5.58. The van der Waals surface area contributed by atoms with Gasteiger partial charge in [0.05, 0.1) is 18.8 Å². The fourth-order valence-electron chi connectivity index (χ4n) is 2.20. The van der Waals surface area contributed by atoms with Crippen LogP contribution in [0.3, 0.4) is 0 Å². The molecular weight excluding hydrogens is 336 g/mol. The van der Waals surface area contributed by atoms with E-state index < -0.39 is 0 Å². The number of nitrogens with one attached hydrogen (secondary N) is 2. The lowest BCUT2D eigenvalue weighted by Gasteiger charge is -2.13. The molecule has 1 aromatic heterocycles. The first kappa shape index (κ1) is 16.9. The van der Waals surface area contributed by atoms with Gasteiger partial charge < -0.3 is 19.9 Å². The van der Waals surface area contributed by atoms with Crippen molar-refractivity contribution in [3.8, 4) is 17.1 Å². The van der Waals surface area contributed by atoms with Crippen molar-refractivity contribution in [2.75, 3.05) is 11.9 Å². The number of para-hydroxylation sites is 2. The summed E-state index contributed by atoms with van der Waals surface area (Å²) in [6.45, 7) is 2.86. The normalized spacial score (nSPS) is 10.3. The van der Waals surface area contributed by atoms with E-state index in [0.29, 0.717) is 30.0 Å². The first-order valence-electron chi connectivity index (χ1n) is 7.91. The number of anilines is 1. The van der Waals surface area contributed by atoms with E-state index in [1.165, 1.54) is 0 Å². The highest BCUT2D eigenvalue weighted by molar-refractivity contribution is 7.80. The third kappa shape index (κ3) is 4.54. The molecule has 0 amide bonds. The lowest BCUT2D eigenvalue weighted by Crippen LogP contribution is -2.28. The number of nitrogens with zero attached hydrogens (tertiary/aromatic N) is 2. The molecule has 0 radical (unpaired) electrons. The van der Waals surface area contributed by atoms with E-state index in [4.69, 9.17) is 21.5 Å². The molecule has 7 heteroatoms. The van der Waals surface area contributed by atoms with E-state index in [1.807, 2.05) is 61.5 Å².